The van der Waals surface area contributed by atoms with E-state index in [-0.39, 0.29) is 30.6 Å². The molecule has 0 saturated carbocycles. The fourth-order valence-electron chi connectivity index (χ4n) is 11.1. The quantitative estimate of drug-likeness (QED) is 0.0280. The number of rotatable bonds is 59. The van der Waals surface area contributed by atoms with Crippen LogP contribution in [-0.4, -0.2) is 79.6 Å². The van der Waals surface area contributed by atoms with E-state index in [2.05, 4.69) is 41.5 Å². The third-order valence-corrected chi connectivity index (χ3v) is 16.1. The van der Waals surface area contributed by atoms with Crippen LogP contribution in [0.5, 0.6) is 0 Å². The fourth-order valence-corrected chi connectivity index (χ4v) is 11.1. The molecule has 0 aliphatic rings. The van der Waals surface area contributed by atoms with Gasteiger partial charge in [0.1, 0.15) is 12.6 Å². The minimum atomic E-state index is -0.0292. The van der Waals surface area contributed by atoms with Crippen LogP contribution >= 0.6 is 0 Å². The first-order valence-corrected chi connectivity index (χ1v) is 32.7. The molecule has 73 heavy (non-hydrogen) atoms. The Morgan fingerprint density at radius 1 is 0.329 bits per heavy atom. The first kappa shape index (κ1) is 71.3. The molecule has 0 fully saturated rings. The number of aliphatic hydroxyl groups excluding tert-OH is 1. The zero-order chi connectivity index (χ0) is 53.6. The van der Waals surface area contributed by atoms with Crippen molar-refractivity contribution in [2.45, 2.75) is 343 Å². The van der Waals surface area contributed by atoms with Crippen LogP contribution in [-0.2, 0) is 28.6 Å². The largest absolute Gasteiger partial charge is 0.466 e. The molecular formula is C65H128NO7+. The Morgan fingerprint density at radius 2 is 0.630 bits per heavy atom. The highest BCUT2D eigenvalue weighted by atomic mass is 16.5. The Morgan fingerprint density at radius 3 is 0.973 bits per heavy atom. The van der Waals surface area contributed by atoms with Gasteiger partial charge in [0.25, 0.3) is 0 Å². The van der Waals surface area contributed by atoms with Gasteiger partial charge in [0.05, 0.1) is 39.5 Å². The number of ether oxygens (including phenoxy) is 3. The first-order chi connectivity index (χ1) is 35.7. The molecule has 434 valence electrons. The van der Waals surface area contributed by atoms with E-state index in [4.69, 9.17) is 14.2 Å². The van der Waals surface area contributed by atoms with E-state index in [0.29, 0.717) is 44.3 Å². The summed E-state index contributed by atoms with van der Waals surface area (Å²) in [5.41, 5.74) is 0. The van der Waals surface area contributed by atoms with Crippen LogP contribution in [0.4, 0.5) is 0 Å². The molecule has 1 N–H and O–H groups in total. The molecule has 0 aromatic carbocycles. The molecule has 0 aromatic heterocycles. The van der Waals surface area contributed by atoms with Crippen LogP contribution in [0.25, 0.3) is 0 Å². The molecule has 0 heterocycles. The van der Waals surface area contributed by atoms with Crippen molar-refractivity contribution in [3.05, 3.63) is 0 Å². The van der Waals surface area contributed by atoms with Crippen molar-refractivity contribution >= 4 is 17.9 Å². The highest BCUT2D eigenvalue weighted by Gasteiger charge is 2.26. The maximum atomic E-state index is 13.1. The molecule has 0 rings (SSSR count). The second kappa shape index (κ2) is 55.1. The van der Waals surface area contributed by atoms with Crippen molar-refractivity contribution in [1.29, 1.82) is 0 Å². The molecule has 0 aliphatic carbocycles. The van der Waals surface area contributed by atoms with Crippen molar-refractivity contribution in [1.82, 2.24) is 0 Å². The van der Waals surface area contributed by atoms with Gasteiger partial charge in [-0.1, -0.05) is 221 Å². The summed E-state index contributed by atoms with van der Waals surface area (Å²) in [6.45, 7) is 19.0. The Kier molecular flexibility index (Phi) is 53.8. The lowest BCUT2D eigenvalue weighted by Gasteiger charge is -2.39. The smallest absolute Gasteiger partial charge is 0.306 e. The summed E-state index contributed by atoms with van der Waals surface area (Å²) >= 11 is 0. The molecule has 0 bridgehead atoms. The number of carbonyl (C=O) groups excluding carboxylic acids is 3. The monoisotopic (exact) mass is 1030 g/mol. The molecule has 0 atom stereocenters. The van der Waals surface area contributed by atoms with Crippen molar-refractivity contribution < 1.29 is 38.2 Å². The van der Waals surface area contributed by atoms with Gasteiger partial charge in [0.2, 0.25) is 0 Å². The summed E-state index contributed by atoms with van der Waals surface area (Å²) < 4.78 is 18.5. The van der Waals surface area contributed by atoms with Crippen molar-refractivity contribution in [3.8, 4) is 0 Å². The van der Waals surface area contributed by atoms with Crippen LogP contribution in [0, 0.1) is 11.8 Å². The Balaban J connectivity index is 5.05. The normalized spacial score (nSPS) is 11.9. The topological polar surface area (TPSA) is 99.1 Å². The highest BCUT2D eigenvalue weighted by molar-refractivity contribution is 5.70. The minimum Gasteiger partial charge on any atom is -0.466 e. The molecule has 0 amide bonds. The van der Waals surface area contributed by atoms with E-state index < -0.39 is 0 Å². The molecule has 0 saturated heterocycles. The van der Waals surface area contributed by atoms with Crippen LogP contribution < -0.4 is 0 Å². The summed E-state index contributed by atoms with van der Waals surface area (Å²) in [6.07, 6.45) is 52.1. The molecule has 8 heteroatoms. The van der Waals surface area contributed by atoms with E-state index >= 15 is 0 Å². The lowest BCUT2D eigenvalue weighted by atomic mass is 9.93. The SMILES string of the molecule is CCCCCCCCC(CCCCCCCC)OC(=O)CCCCCCC[N+](CCO)(CCCCCCCC(=O)OCCC(CCCC)CCCC)CCCCCCCC(=O)OCCC(CCCC)CCCC. The number of quaternary nitrogens is 1. The predicted octanol–water partition coefficient (Wildman–Crippen LogP) is 19.1. The van der Waals surface area contributed by atoms with E-state index in [1.165, 1.54) is 154 Å². The summed E-state index contributed by atoms with van der Waals surface area (Å²) in [7, 11) is 0. The Labute approximate surface area is 455 Å². The van der Waals surface area contributed by atoms with Crippen molar-refractivity contribution in [2.75, 3.05) is 46.0 Å². The predicted molar refractivity (Wildman–Crippen MR) is 312 cm³/mol. The van der Waals surface area contributed by atoms with Gasteiger partial charge >= 0.3 is 17.9 Å². The number of carbonyl (C=O) groups is 3. The van der Waals surface area contributed by atoms with Gasteiger partial charge in [-0.15, -0.1) is 0 Å². The molecule has 8 nitrogen and oxygen atoms in total. The van der Waals surface area contributed by atoms with Crippen LogP contribution in [0.1, 0.15) is 337 Å². The van der Waals surface area contributed by atoms with Gasteiger partial charge in [-0.2, -0.15) is 0 Å². The lowest BCUT2D eigenvalue weighted by Crippen LogP contribution is -2.51. The summed E-state index contributed by atoms with van der Waals surface area (Å²) in [5.74, 6) is 1.32. The summed E-state index contributed by atoms with van der Waals surface area (Å²) in [6, 6.07) is 0. The highest BCUT2D eigenvalue weighted by Crippen LogP contribution is 2.24. The number of nitrogens with zero attached hydrogens (tertiary/aromatic N) is 1. The van der Waals surface area contributed by atoms with Crippen molar-refractivity contribution in [2.24, 2.45) is 11.8 Å². The zero-order valence-electron chi connectivity index (χ0n) is 50.1. The molecule has 0 radical (unpaired) electrons. The number of hydrogen-bond acceptors (Lipinski definition) is 7. The molecule has 0 aliphatic heterocycles. The van der Waals surface area contributed by atoms with E-state index in [9.17, 15) is 19.5 Å². The lowest BCUT2D eigenvalue weighted by molar-refractivity contribution is -0.929. The van der Waals surface area contributed by atoms with Crippen LogP contribution in [0.3, 0.4) is 0 Å². The van der Waals surface area contributed by atoms with E-state index in [0.717, 1.165) is 153 Å². The number of aliphatic hydroxyl groups is 1. The van der Waals surface area contributed by atoms with Crippen LogP contribution in [0.2, 0.25) is 0 Å². The van der Waals surface area contributed by atoms with Crippen LogP contribution in [0.15, 0.2) is 0 Å². The van der Waals surface area contributed by atoms with Crippen molar-refractivity contribution in [3.63, 3.8) is 0 Å². The summed E-state index contributed by atoms with van der Waals surface area (Å²) in [4.78, 5) is 38.2. The fraction of sp³-hybridized carbons (Fsp3) is 0.954. The first-order valence-electron chi connectivity index (χ1n) is 32.7. The van der Waals surface area contributed by atoms with E-state index in [1.807, 2.05) is 0 Å². The van der Waals surface area contributed by atoms with Gasteiger partial charge in [-0.05, 0) is 108 Å². The van der Waals surface area contributed by atoms with Gasteiger partial charge in [-0.25, -0.2) is 0 Å². The summed E-state index contributed by atoms with van der Waals surface area (Å²) in [5, 5.41) is 10.4. The molecule has 0 unspecified atom stereocenters. The number of hydrogen-bond donors (Lipinski definition) is 1. The van der Waals surface area contributed by atoms with E-state index in [1.54, 1.807) is 0 Å². The average Bonchev–Trinajstić information content (AvgIpc) is 3.38. The van der Waals surface area contributed by atoms with Gasteiger partial charge < -0.3 is 23.8 Å². The second-order valence-corrected chi connectivity index (χ2v) is 23.1. The second-order valence-electron chi connectivity index (χ2n) is 23.1. The zero-order valence-corrected chi connectivity index (χ0v) is 50.1. The Hall–Kier alpha value is -1.67. The molecular weight excluding hydrogens is 907 g/mol. The molecule has 0 aromatic rings. The van der Waals surface area contributed by atoms with Gasteiger partial charge in [-0.3, -0.25) is 14.4 Å². The standard InChI is InChI=1S/C65H128NO7/c1-7-13-19-21-26-34-46-62(47-35-27-22-20-14-8-2)73-65(70)50-38-30-25-33-41-55-66(56-57-67,53-39-31-23-28-36-48-63(68)71-58-51-60(42-15-9-3)43-16-10-4)54-40-32-24-29-37-49-64(69)72-59-52-61(44-17-11-5)45-18-12-6/h60-62,67H,7-59H2,1-6H3/q+1. The third-order valence-electron chi connectivity index (χ3n) is 16.1. The average molecular weight is 1040 g/mol. The Bertz CT molecular complexity index is 1100. The third kappa shape index (κ3) is 47.3. The van der Waals surface area contributed by atoms with Gasteiger partial charge in [0, 0.05) is 19.3 Å². The maximum Gasteiger partial charge on any atom is 0.306 e. The van der Waals surface area contributed by atoms with Gasteiger partial charge in [0.15, 0.2) is 0 Å². The minimum absolute atomic E-state index is 0.00788. The number of esters is 3. The maximum absolute atomic E-state index is 13.1. The number of unbranched alkanes of at least 4 members (excludes halogenated alkanes) is 26. The molecule has 0 spiro atoms.